The topological polar surface area (TPSA) is 35.0 Å². The summed E-state index contributed by atoms with van der Waals surface area (Å²) in [6.45, 7) is 5.72. The van der Waals surface area contributed by atoms with E-state index in [-0.39, 0.29) is 0 Å². The molecule has 94 valence electrons. The number of halogens is 2. The van der Waals surface area contributed by atoms with Crippen LogP contribution in [0, 0.1) is 20.8 Å². The van der Waals surface area contributed by atoms with Gasteiger partial charge in [0, 0.05) is 5.56 Å². The van der Waals surface area contributed by atoms with Crippen LogP contribution in [0.1, 0.15) is 16.7 Å². The molecule has 0 saturated heterocycles. The molecule has 0 N–H and O–H groups in total. The maximum Gasteiger partial charge on any atom is 0.242 e. The van der Waals surface area contributed by atoms with Crippen LogP contribution in [0.4, 0.5) is 0 Å². The summed E-state index contributed by atoms with van der Waals surface area (Å²) in [5.74, 6) is 0.986. The van der Waals surface area contributed by atoms with Gasteiger partial charge in [0.05, 0.1) is 5.02 Å². The molecule has 0 aliphatic heterocycles. The predicted octanol–water partition coefficient (Wildman–Crippen LogP) is 4.50. The van der Waals surface area contributed by atoms with Crippen LogP contribution in [-0.2, 0) is 0 Å². The van der Waals surface area contributed by atoms with Crippen LogP contribution in [0.25, 0.3) is 0 Å². The minimum atomic E-state index is 0.384. The monoisotopic (exact) mass is 282 g/mol. The van der Waals surface area contributed by atoms with Gasteiger partial charge in [0.1, 0.15) is 5.75 Å². The normalized spacial score (nSPS) is 10.5. The molecule has 2 rings (SSSR count). The quantitative estimate of drug-likeness (QED) is 0.813. The molecule has 1 heterocycles. The van der Waals surface area contributed by atoms with E-state index in [4.69, 9.17) is 27.9 Å². The number of hydrogen-bond donors (Lipinski definition) is 0. The largest absolute Gasteiger partial charge is 0.436 e. The number of ether oxygens (including phenoxy) is 1. The van der Waals surface area contributed by atoms with Crippen molar-refractivity contribution >= 4 is 23.2 Å². The van der Waals surface area contributed by atoms with E-state index >= 15 is 0 Å². The first-order valence-corrected chi connectivity index (χ1v) is 6.18. The molecule has 0 bridgehead atoms. The third-order valence-electron chi connectivity index (χ3n) is 2.71. The van der Waals surface area contributed by atoms with Gasteiger partial charge >= 0.3 is 0 Å². The first-order chi connectivity index (χ1) is 8.49. The SMILES string of the molecule is Cc1ccc(Cl)c(Oc2nnc(Cl)c(C)c2C)c1. The van der Waals surface area contributed by atoms with E-state index in [1.54, 1.807) is 6.07 Å². The molecular formula is C13H12Cl2N2O. The van der Waals surface area contributed by atoms with Crippen LogP contribution in [0.2, 0.25) is 10.2 Å². The molecule has 0 fully saturated rings. The highest BCUT2D eigenvalue weighted by Crippen LogP contribution is 2.32. The zero-order valence-corrected chi connectivity index (χ0v) is 11.8. The van der Waals surface area contributed by atoms with Crippen LogP contribution in [0.15, 0.2) is 18.2 Å². The Morgan fingerprint density at radius 2 is 1.72 bits per heavy atom. The molecule has 3 nitrogen and oxygen atoms in total. The Morgan fingerprint density at radius 1 is 1.00 bits per heavy atom. The van der Waals surface area contributed by atoms with E-state index in [2.05, 4.69) is 10.2 Å². The summed E-state index contributed by atoms with van der Waals surface area (Å²) in [5.41, 5.74) is 2.77. The third-order valence-corrected chi connectivity index (χ3v) is 3.39. The van der Waals surface area contributed by atoms with Crippen molar-refractivity contribution < 1.29 is 4.74 Å². The van der Waals surface area contributed by atoms with E-state index in [1.807, 2.05) is 32.9 Å². The van der Waals surface area contributed by atoms with E-state index in [0.29, 0.717) is 21.8 Å². The molecule has 18 heavy (non-hydrogen) atoms. The summed E-state index contributed by atoms with van der Waals surface area (Å²) in [6.07, 6.45) is 0. The van der Waals surface area contributed by atoms with E-state index < -0.39 is 0 Å². The maximum atomic E-state index is 6.07. The predicted molar refractivity (Wildman–Crippen MR) is 72.8 cm³/mol. The lowest BCUT2D eigenvalue weighted by Gasteiger charge is -2.11. The van der Waals surface area contributed by atoms with Crippen LogP contribution in [0.3, 0.4) is 0 Å². The van der Waals surface area contributed by atoms with Gasteiger partial charge in [-0.2, -0.15) is 0 Å². The molecule has 2 aromatic rings. The summed E-state index contributed by atoms with van der Waals surface area (Å²) >= 11 is 12.0. The molecule has 0 saturated carbocycles. The van der Waals surface area contributed by atoms with Gasteiger partial charge < -0.3 is 4.74 Å². The highest BCUT2D eigenvalue weighted by atomic mass is 35.5. The highest BCUT2D eigenvalue weighted by molar-refractivity contribution is 6.32. The average Bonchev–Trinajstić information content (AvgIpc) is 2.34. The van der Waals surface area contributed by atoms with Gasteiger partial charge in [-0.3, -0.25) is 0 Å². The van der Waals surface area contributed by atoms with E-state index in [1.165, 1.54) is 0 Å². The van der Waals surface area contributed by atoms with Crippen LogP contribution in [-0.4, -0.2) is 10.2 Å². The summed E-state index contributed by atoms with van der Waals surface area (Å²) in [7, 11) is 0. The van der Waals surface area contributed by atoms with Crippen molar-refractivity contribution in [1.82, 2.24) is 10.2 Å². The molecule has 0 spiro atoms. The Hall–Kier alpha value is -1.32. The summed E-state index contributed by atoms with van der Waals surface area (Å²) in [4.78, 5) is 0. The van der Waals surface area contributed by atoms with Gasteiger partial charge in [-0.15, -0.1) is 10.2 Å². The summed E-state index contributed by atoms with van der Waals surface area (Å²) < 4.78 is 5.69. The molecule has 0 radical (unpaired) electrons. The molecule has 0 aliphatic rings. The number of benzene rings is 1. The number of rotatable bonds is 2. The molecule has 1 aromatic heterocycles. The summed E-state index contributed by atoms with van der Waals surface area (Å²) in [6, 6.07) is 5.56. The standard InChI is InChI=1S/C13H12Cl2N2O/c1-7-4-5-10(14)11(6-7)18-13-9(3)8(2)12(15)16-17-13/h4-6H,1-3H3. The second-order valence-corrected chi connectivity index (χ2v) is 4.85. The number of aryl methyl sites for hydroxylation is 1. The van der Waals surface area contributed by atoms with Crippen LogP contribution in [0.5, 0.6) is 11.6 Å². The van der Waals surface area contributed by atoms with Crippen molar-refractivity contribution in [3.8, 4) is 11.6 Å². The maximum absolute atomic E-state index is 6.07. The van der Waals surface area contributed by atoms with Crippen LogP contribution >= 0.6 is 23.2 Å². The van der Waals surface area contributed by atoms with Crippen molar-refractivity contribution in [1.29, 1.82) is 0 Å². The first kappa shape index (κ1) is 13.1. The minimum absolute atomic E-state index is 0.384. The Balaban J connectivity index is 2.40. The molecule has 0 atom stereocenters. The third kappa shape index (κ3) is 2.57. The van der Waals surface area contributed by atoms with E-state index in [0.717, 1.165) is 16.7 Å². The first-order valence-electron chi connectivity index (χ1n) is 5.42. The number of hydrogen-bond acceptors (Lipinski definition) is 3. The lowest BCUT2D eigenvalue weighted by molar-refractivity contribution is 0.450. The molecular weight excluding hydrogens is 271 g/mol. The van der Waals surface area contributed by atoms with Crippen LogP contribution < -0.4 is 4.74 Å². The second kappa shape index (κ2) is 5.12. The molecule has 0 unspecified atom stereocenters. The summed E-state index contributed by atoms with van der Waals surface area (Å²) in [5, 5.41) is 8.70. The van der Waals surface area contributed by atoms with Gasteiger partial charge in [-0.1, -0.05) is 29.3 Å². The van der Waals surface area contributed by atoms with Gasteiger partial charge in [0.25, 0.3) is 0 Å². The van der Waals surface area contributed by atoms with Crippen molar-refractivity contribution in [2.24, 2.45) is 0 Å². The van der Waals surface area contributed by atoms with Crippen molar-refractivity contribution in [3.05, 3.63) is 45.1 Å². The fraction of sp³-hybridized carbons (Fsp3) is 0.231. The molecule has 0 amide bonds. The van der Waals surface area contributed by atoms with Crippen molar-refractivity contribution in [3.63, 3.8) is 0 Å². The van der Waals surface area contributed by atoms with Gasteiger partial charge in [0.2, 0.25) is 5.88 Å². The number of nitrogens with zero attached hydrogens (tertiary/aromatic N) is 2. The smallest absolute Gasteiger partial charge is 0.242 e. The Labute approximate surface area is 116 Å². The lowest BCUT2D eigenvalue weighted by Crippen LogP contribution is -1.98. The Kier molecular flexibility index (Phi) is 3.73. The Morgan fingerprint density at radius 3 is 2.44 bits per heavy atom. The van der Waals surface area contributed by atoms with Gasteiger partial charge in [-0.25, -0.2) is 0 Å². The fourth-order valence-electron chi connectivity index (χ4n) is 1.44. The molecule has 0 aliphatic carbocycles. The second-order valence-electron chi connectivity index (χ2n) is 4.08. The van der Waals surface area contributed by atoms with Crippen molar-refractivity contribution in [2.75, 3.05) is 0 Å². The van der Waals surface area contributed by atoms with Gasteiger partial charge in [-0.05, 0) is 44.0 Å². The average molecular weight is 283 g/mol. The van der Waals surface area contributed by atoms with Crippen molar-refractivity contribution in [2.45, 2.75) is 20.8 Å². The highest BCUT2D eigenvalue weighted by Gasteiger charge is 2.11. The molecule has 1 aromatic carbocycles. The lowest BCUT2D eigenvalue weighted by atomic mass is 10.2. The zero-order chi connectivity index (χ0) is 13.3. The number of aromatic nitrogens is 2. The van der Waals surface area contributed by atoms with Gasteiger partial charge in [0.15, 0.2) is 5.15 Å². The molecule has 5 heteroatoms. The Bertz CT molecular complexity index is 600. The van der Waals surface area contributed by atoms with E-state index in [9.17, 15) is 0 Å². The zero-order valence-electron chi connectivity index (χ0n) is 10.3. The minimum Gasteiger partial charge on any atom is -0.436 e. The fourth-order valence-corrected chi connectivity index (χ4v) is 1.78.